The fourth-order valence-electron chi connectivity index (χ4n) is 1.69. The van der Waals surface area contributed by atoms with E-state index in [1.807, 2.05) is 43.3 Å². The van der Waals surface area contributed by atoms with Crippen molar-refractivity contribution in [1.29, 1.82) is 5.26 Å². The molecule has 2 aromatic rings. The van der Waals surface area contributed by atoms with E-state index in [1.54, 1.807) is 0 Å². The molecule has 0 aliphatic rings. The second kappa shape index (κ2) is 5.33. The van der Waals surface area contributed by atoms with Crippen LogP contribution < -0.4 is 4.74 Å². The Hall–Kier alpha value is -2.34. The number of benzene rings is 2. The lowest BCUT2D eigenvalue weighted by Crippen LogP contribution is -2.03. The molecule has 2 nitrogen and oxygen atoms in total. The standard InChI is InChI=1S/C15H12FNO/c1-11(13-5-3-2-4-6-13)18-15-8-12(10-17)7-14(16)9-15/h2-9,11H,1H3. The van der Waals surface area contributed by atoms with Crippen LogP contribution in [0.1, 0.15) is 24.2 Å². The van der Waals surface area contributed by atoms with Crippen molar-refractivity contribution < 1.29 is 9.13 Å². The Balaban J connectivity index is 2.20. The first kappa shape index (κ1) is 12.1. The van der Waals surface area contributed by atoms with Gasteiger partial charge in [0.05, 0.1) is 11.6 Å². The van der Waals surface area contributed by atoms with Gasteiger partial charge in [-0.2, -0.15) is 5.26 Å². The van der Waals surface area contributed by atoms with Crippen molar-refractivity contribution in [2.24, 2.45) is 0 Å². The molecule has 0 bridgehead atoms. The summed E-state index contributed by atoms with van der Waals surface area (Å²) < 4.78 is 18.9. The summed E-state index contributed by atoms with van der Waals surface area (Å²) >= 11 is 0. The number of hydrogen-bond donors (Lipinski definition) is 0. The summed E-state index contributed by atoms with van der Waals surface area (Å²) in [7, 11) is 0. The van der Waals surface area contributed by atoms with Gasteiger partial charge in [-0.1, -0.05) is 30.3 Å². The third kappa shape index (κ3) is 2.86. The number of ether oxygens (including phenoxy) is 1. The van der Waals surface area contributed by atoms with Gasteiger partial charge in [-0.15, -0.1) is 0 Å². The zero-order chi connectivity index (χ0) is 13.0. The van der Waals surface area contributed by atoms with Gasteiger partial charge in [0, 0.05) is 6.07 Å². The number of hydrogen-bond acceptors (Lipinski definition) is 2. The predicted octanol–water partition coefficient (Wildman–Crippen LogP) is 3.84. The Kier molecular flexibility index (Phi) is 3.59. The molecule has 3 heteroatoms. The molecule has 0 amide bonds. The smallest absolute Gasteiger partial charge is 0.128 e. The largest absolute Gasteiger partial charge is 0.486 e. The fraction of sp³-hybridized carbons (Fsp3) is 0.133. The molecular weight excluding hydrogens is 229 g/mol. The van der Waals surface area contributed by atoms with Gasteiger partial charge in [0.2, 0.25) is 0 Å². The summed E-state index contributed by atoms with van der Waals surface area (Å²) in [6, 6.07) is 15.5. The van der Waals surface area contributed by atoms with E-state index in [9.17, 15) is 4.39 Å². The second-order valence-corrected chi connectivity index (χ2v) is 3.96. The van der Waals surface area contributed by atoms with E-state index in [2.05, 4.69) is 0 Å². The van der Waals surface area contributed by atoms with Crippen molar-refractivity contribution in [2.45, 2.75) is 13.0 Å². The lowest BCUT2D eigenvalue weighted by molar-refractivity contribution is 0.226. The van der Waals surface area contributed by atoms with E-state index >= 15 is 0 Å². The molecule has 0 saturated heterocycles. The van der Waals surface area contributed by atoms with Crippen LogP contribution in [-0.2, 0) is 0 Å². The number of nitrogens with zero attached hydrogens (tertiary/aromatic N) is 1. The van der Waals surface area contributed by atoms with E-state index in [4.69, 9.17) is 10.00 Å². The molecule has 0 N–H and O–H groups in total. The summed E-state index contributed by atoms with van der Waals surface area (Å²) in [4.78, 5) is 0. The van der Waals surface area contributed by atoms with Crippen molar-refractivity contribution in [1.82, 2.24) is 0 Å². The Labute approximate surface area is 105 Å². The van der Waals surface area contributed by atoms with Crippen molar-refractivity contribution in [3.8, 4) is 11.8 Å². The van der Waals surface area contributed by atoms with Crippen LogP contribution in [0, 0.1) is 17.1 Å². The second-order valence-electron chi connectivity index (χ2n) is 3.96. The van der Waals surface area contributed by atoms with Gasteiger partial charge < -0.3 is 4.74 Å². The highest BCUT2D eigenvalue weighted by Crippen LogP contribution is 2.23. The zero-order valence-corrected chi connectivity index (χ0v) is 9.93. The van der Waals surface area contributed by atoms with E-state index < -0.39 is 5.82 Å². The first-order valence-corrected chi connectivity index (χ1v) is 5.61. The van der Waals surface area contributed by atoms with Crippen molar-refractivity contribution in [3.63, 3.8) is 0 Å². The van der Waals surface area contributed by atoms with Gasteiger partial charge in [-0.3, -0.25) is 0 Å². The third-order valence-corrected chi connectivity index (χ3v) is 2.58. The molecule has 90 valence electrons. The van der Waals surface area contributed by atoms with E-state index in [-0.39, 0.29) is 11.7 Å². The van der Waals surface area contributed by atoms with Gasteiger partial charge in [-0.05, 0) is 24.6 Å². The van der Waals surface area contributed by atoms with Gasteiger partial charge in [0.25, 0.3) is 0 Å². The highest BCUT2D eigenvalue weighted by Gasteiger charge is 2.08. The molecule has 0 aromatic heterocycles. The first-order valence-electron chi connectivity index (χ1n) is 5.61. The average Bonchev–Trinajstić information content (AvgIpc) is 2.39. The highest BCUT2D eigenvalue weighted by atomic mass is 19.1. The summed E-state index contributed by atoms with van der Waals surface area (Å²) in [5.41, 5.74) is 1.26. The van der Waals surface area contributed by atoms with Crippen LogP contribution in [0.15, 0.2) is 48.5 Å². The average molecular weight is 241 g/mol. The molecule has 0 fully saturated rings. The first-order chi connectivity index (χ1) is 8.69. The molecular formula is C15H12FNO. The molecule has 0 heterocycles. The summed E-state index contributed by atoms with van der Waals surface area (Å²) in [6.45, 7) is 1.88. The van der Waals surface area contributed by atoms with Crippen LogP contribution in [0.2, 0.25) is 0 Å². The minimum absolute atomic E-state index is 0.195. The third-order valence-electron chi connectivity index (χ3n) is 2.58. The number of halogens is 1. The molecule has 1 unspecified atom stereocenters. The van der Waals surface area contributed by atoms with Crippen molar-refractivity contribution in [3.05, 3.63) is 65.5 Å². The maximum absolute atomic E-state index is 13.2. The maximum atomic E-state index is 13.2. The molecule has 0 spiro atoms. The van der Waals surface area contributed by atoms with Crippen LogP contribution in [0.25, 0.3) is 0 Å². The molecule has 0 radical (unpaired) electrons. The van der Waals surface area contributed by atoms with Crippen molar-refractivity contribution >= 4 is 0 Å². The molecule has 1 atom stereocenters. The van der Waals surface area contributed by atoms with Crippen LogP contribution in [0.4, 0.5) is 4.39 Å². The minimum atomic E-state index is -0.468. The van der Waals surface area contributed by atoms with E-state index in [1.165, 1.54) is 18.2 Å². The van der Waals surface area contributed by atoms with Gasteiger partial charge in [0.1, 0.15) is 17.7 Å². The summed E-state index contributed by atoms with van der Waals surface area (Å²) in [5, 5.41) is 8.77. The highest BCUT2D eigenvalue weighted by molar-refractivity contribution is 5.37. The Morgan fingerprint density at radius 1 is 1.17 bits per heavy atom. The molecule has 18 heavy (non-hydrogen) atoms. The molecule has 0 aliphatic heterocycles. The van der Waals surface area contributed by atoms with Crippen LogP contribution in [0.5, 0.6) is 5.75 Å². The maximum Gasteiger partial charge on any atom is 0.128 e. The quantitative estimate of drug-likeness (QED) is 0.818. The fourth-order valence-corrected chi connectivity index (χ4v) is 1.69. The zero-order valence-electron chi connectivity index (χ0n) is 9.93. The normalized spacial score (nSPS) is 11.6. The summed E-state index contributed by atoms with van der Waals surface area (Å²) in [5.74, 6) is -0.104. The van der Waals surface area contributed by atoms with Crippen LogP contribution in [0.3, 0.4) is 0 Å². The Morgan fingerprint density at radius 3 is 2.56 bits per heavy atom. The Morgan fingerprint density at radius 2 is 1.89 bits per heavy atom. The minimum Gasteiger partial charge on any atom is -0.486 e. The summed E-state index contributed by atoms with van der Waals surface area (Å²) in [6.07, 6.45) is -0.195. The van der Waals surface area contributed by atoms with E-state index in [0.29, 0.717) is 5.75 Å². The number of nitriles is 1. The SMILES string of the molecule is CC(Oc1cc(F)cc(C#N)c1)c1ccccc1. The van der Waals surface area contributed by atoms with Gasteiger partial charge in [-0.25, -0.2) is 4.39 Å². The Bertz CT molecular complexity index is 575. The van der Waals surface area contributed by atoms with E-state index in [0.717, 1.165) is 5.56 Å². The van der Waals surface area contributed by atoms with Crippen LogP contribution >= 0.6 is 0 Å². The van der Waals surface area contributed by atoms with Crippen LogP contribution in [-0.4, -0.2) is 0 Å². The van der Waals surface area contributed by atoms with Gasteiger partial charge >= 0.3 is 0 Å². The molecule has 0 saturated carbocycles. The molecule has 2 aromatic carbocycles. The molecule has 2 rings (SSSR count). The predicted molar refractivity (Wildman–Crippen MR) is 66.6 cm³/mol. The van der Waals surface area contributed by atoms with Gasteiger partial charge in [0.15, 0.2) is 0 Å². The number of rotatable bonds is 3. The lowest BCUT2D eigenvalue weighted by Gasteiger charge is -2.15. The van der Waals surface area contributed by atoms with Crippen molar-refractivity contribution in [2.75, 3.05) is 0 Å². The molecule has 0 aliphatic carbocycles. The monoisotopic (exact) mass is 241 g/mol. The lowest BCUT2D eigenvalue weighted by atomic mass is 10.1. The topological polar surface area (TPSA) is 33.0 Å².